The molecule has 3 heterocycles. The molecule has 0 aliphatic carbocycles. The summed E-state index contributed by atoms with van der Waals surface area (Å²) in [5, 5.41) is 2.96. The number of carbonyl (C=O) groups excluding carboxylic acids is 2. The summed E-state index contributed by atoms with van der Waals surface area (Å²) in [7, 11) is 0. The normalized spacial score (nSPS) is 14.6. The van der Waals surface area contributed by atoms with Gasteiger partial charge in [-0.05, 0) is 31.9 Å². The second-order valence-corrected chi connectivity index (χ2v) is 6.53. The Labute approximate surface area is 153 Å². The minimum absolute atomic E-state index is 0.106. The Balaban J connectivity index is 1.37. The van der Waals surface area contributed by atoms with Crippen molar-refractivity contribution in [3.8, 4) is 0 Å². The van der Waals surface area contributed by atoms with Gasteiger partial charge in [-0.1, -0.05) is 12.5 Å². The molecule has 3 rings (SSSR count). The Morgan fingerprint density at radius 1 is 1.19 bits per heavy atom. The highest BCUT2D eigenvalue weighted by atomic mass is 16.5. The molecule has 0 atom stereocenters. The SMILES string of the molecule is Cc1nc2ccccn2c1C(=O)NCCCCCC(=O)N1CCOCC1. The van der Waals surface area contributed by atoms with E-state index in [0.29, 0.717) is 45.0 Å². The van der Waals surface area contributed by atoms with E-state index in [1.54, 1.807) is 0 Å². The summed E-state index contributed by atoms with van der Waals surface area (Å²) < 4.78 is 7.07. The maximum Gasteiger partial charge on any atom is 0.270 e. The van der Waals surface area contributed by atoms with Gasteiger partial charge in [0.15, 0.2) is 0 Å². The van der Waals surface area contributed by atoms with Gasteiger partial charge in [0, 0.05) is 32.3 Å². The zero-order chi connectivity index (χ0) is 18.4. The molecule has 1 aliphatic rings. The van der Waals surface area contributed by atoms with Crippen LogP contribution in [0.25, 0.3) is 5.65 Å². The first kappa shape index (κ1) is 18.4. The number of hydrogen-bond donors (Lipinski definition) is 1. The van der Waals surface area contributed by atoms with Gasteiger partial charge in [-0.2, -0.15) is 0 Å². The predicted octanol–water partition coefficient (Wildman–Crippen LogP) is 1.79. The summed E-state index contributed by atoms with van der Waals surface area (Å²) in [5.41, 5.74) is 2.09. The second kappa shape index (κ2) is 8.80. The highest BCUT2D eigenvalue weighted by Gasteiger charge is 2.17. The number of unbranched alkanes of at least 4 members (excludes halogenated alkanes) is 2. The molecule has 0 radical (unpaired) electrons. The molecule has 1 N–H and O–H groups in total. The number of aryl methyl sites for hydroxylation is 1. The zero-order valence-corrected chi connectivity index (χ0v) is 15.2. The van der Waals surface area contributed by atoms with Crippen molar-refractivity contribution >= 4 is 17.5 Å². The molecule has 140 valence electrons. The zero-order valence-electron chi connectivity index (χ0n) is 15.2. The number of morpholine rings is 1. The van der Waals surface area contributed by atoms with E-state index < -0.39 is 0 Å². The maximum atomic E-state index is 12.4. The fourth-order valence-corrected chi connectivity index (χ4v) is 3.22. The van der Waals surface area contributed by atoms with E-state index in [2.05, 4.69) is 10.3 Å². The Morgan fingerprint density at radius 3 is 2.81 bits per heavy atom. The monoisotopic (exact) mass is 358 g/mol. The highest BCUT2D eigenvalue weighted by Crippen LogP contribution is 2.11. The number of rotatable bonds is 7. The standard InChI is InChI=1S/C19H26N4O3/c1-15-18(23-10-6-4-7-16(23)21-15)19(25)20-9-5-2-3-8-17(24)22-11-13-26-14-12-22/h4,6-7,10H,2-3,5,8-9,11-14H2,1H3,(H,20,25). The van der Waals surface area contributed by atoms with Crippen LogP contribution in [0, 0.1) is 6.92 Å². The quantitative estimate of drug-likeness (QED) is 0.766. The Morgan fingerprint density at radius 2 is 2.00 bits per heavy atom. The average molecular weight is 358 g/mol. The smallest absolute Gasteiger partial charge is 0.270 e. The summed E-state index contributed by atoms with van der Waals surface area (Å²) in [5.74, 6) is 0.101. The first-order valence-electron chi connectivity index (χ1n) is 9.24. The van der Waals surface area contributed by atoms with Crippen molar-refractivity contribution in [3.05, 3.63) is 35.8 Å². The summed E-state index contributed by atoms with van der Waals surface area (Å²) in [6, 6.07) is 5.67. The van der Waals surface area contributed by atoms with Crippen LogP contribution in [0.4, 0.5) is 0 Å². The van der Waals surface area contributed by atoms with Crippen LogP contribution >= 0.6 is 0 Å². The number of carbonyl (C=O) groups is 2. The number of aromatic nitrogens is 2. The van der Waals surface area contributed by atoms with Crippen LogP contribution < -0.4 is 5.32 Å². The number of imidazole rings is 1. The van der Waals surface area contributed by atoms with Crippen molar-refractivity contribution in [2.75, 3.05) is 32.8 Å². The fraction of sp³-hybridized carbons (Fsp3) is 0.526. The van der Waals surface area contributed by atoms with E-state index in [0.717, 1.165) is 30.6 Å². The van der Waals surface area contributed by atoms with Gasteiger partial charge < -0.3 is 15.0 Å². The van der Waals surface area contributed by atoms with Crippen molar-refractivity contribution in [2.45, 2.75) is 32.6 Å². The van der Waals surface area contributed by atoms with Gasteiger partial charge >= 0.3 is 0 Å². The van der Waals surface area contributed by atoms with Gasteiger partial charge in [-0.25, -0.2) is 4.98 Å². The molecule has 2 amide bonds. The van der Waals surface area contributed by atoms with E-state index in [9.17, 15) is 9.59 Å². The van der Waals surface area contributed by atoms with Crippen LogP contribution in [0.1, 0.15) is 41.9 Å². The van der Waals surface area contributed by atoms with Crippen LogP contribution in [-0.2, 0) is 9.53 Å². The molecule has 0 saturated carbocycles. The van der Waals surface area contributed by atoms with Crippen LogP contribution in [0.2, 0.25) is 0 Å². The lowest BCUT2D eigenvalue weighted by Crippen LogP contribution is -2.40. The summed E-state index contributed by atoms with van der Waals surface area (Å²) >= 11 is 0. The van der Waals surface area contributed by atoms with Crippen molar-refractivity contribution in [2.24, 2.45) is 0 Å². The minimum atomic E-state index is -0.106. The number of fused-ring (bicyclic) bond motifs is 1. The van der Waals surface area contributed by atoms with E-state index in [-0.39, 0.29) is 11.8 Å². The maximum absolute atomic E-state index is 12.4. The molecule has 0 unspecified atom stereocenters. The number of nitrogens with zero attached hydrogens (tertiary/aromatic N) is 3. The lowest BCUT2D eigenvalue weighted by atomic mass is 10.1. The minimum Gasteiger partial charge on any atom is -0.378 e. The summed E-state index contributed by atoms with van der Waals surface area (Å²) in [6.07, 6.45) is 5.04. The van der Waals surface area contributed by atoms with Crippen LogP contribution in [-0.4, -0.2) is 58.9 Å². The molecule has 1 fully saturated rings. The lowest BCUT2D eigenvalue weighted by Gasteiger charge is -2.26. The topological polar surface area (TPSA) is 75.9 Å². The Hall–Kier alpha value is -2.41. The van der Waals surface area contributed by atoms with E-state index in [1.807, 2.05) is 40.6 Å². The van der Waals surface area contributed by atoms with Crippen molar-refractivity contribution < 1.29 is 14.3 Å². The fourth-order valence-electron chi connectivity index (χ4n) is 3.22. The highest BCUT2D eigenvalue weighted by molar-refractivity contribution is 5.94. The van der Waals surface area contributed by atoms with Crippen LogP contribution in [0.15, 0.2) is 24.4 Å². The average Bonchev–Trinajstić information content (AvgIpc) is 3.00. The van der Waals surface area contributed by atoms with Gasteiger partial charge in [-0.3, -0.25) is 14.0 Å². The molecule has 1 aliphatic heterocycles. The van der Waals surface area contributed by atoms with Gasteiger partial charge in [0.1, 0.15) is 11.3 Å². The molecule has 2 aromatic rings. The van der Waals surface area contributed by atoms with Gasteiger partial charge in [0.05, 0.1) is 18.9 Å². The summed E-state index contributed by atoms with van der Waals surface area (Å²) in [4.78, 5) is 30.8. The molecule has 2 aromatic heterocycles. The number of hydrogen-bond acceptors (Lipinski definition) is 4. The second-order valence-electron chi connectivity index (χ2n) is 6.53. The third-order valence-corrected chi connectivity index (χ3v) is 4.64. The molecular weight excluding hydrogens is 332 g/mol. The van der Waals surface area contributed by atoms with Crippen LogP contribution in [0.3, 0.4) is 0 Å². The molecule has 0 aromatic carbocycles. The largest absolute Gasteiger partial charge is 0.378 e. The van der Waals surface area contributed by atoms with Crippen molar-refractivity contribution in [1.82, 2.24) is 19.6 Å². The van der Waals surface area contributed by atoms with Gasteiger partial charge in [0.25, 0.3) is 5.91 Å². The predicted molar refractivity (Wildman–Crippen MR) is 98.1 cm³/mol. The van der Waals surface area contributed by atoms with Gasteiger partial charge in [-0.15, -0.1) is 0 Å². The molecule has 7 nitrogen and oxygen atoms in total. The first-order valence-corrected chi connectivity index (χ1v) is 9.24. The number of ether oxygens (including phenoxy) is 1. The van der Waals surface area contributed by atoms with E-state index in [1.165, 1.54) is 0 Å². The molecule has 0 bridgehead atoms. The first-order chi connectivity index (χ1) is 12.7. The summed E-state index contributed by atoms with van der Waals surface area (Å²) in [6.45, 7) is 5.13. The molecule has 1 saturated heterocycles. The number of pyridine rings is 1. The Kier molecular flexibility index (Phi) is 6.22. The van der Waals surface area contributed by atoms with E-state index in [4.69, 9.17) is 4.74 Å². The van der Waals surface area contributed by atoms with Crippen molar-refractivity contribution in [3.63, 3.8) is 0 Å². The third kappa shape index (κ3) is 4.40. The van der Waals surface area contributed by atoms with Crippen molar-refractivity contribution in [1.29, 1.82) is 0 Å². The third-order valence-electron chi connectivity index (χ3n) is 4.64. The van der Waals surface area contributed by atoms with Crippen LogP contribution in [0.5, 0.6) is 0 Å². The molecule has 0 spiro atoms. The number of nitrogens with one attached hydrogen (secondary N) is 1. The molecule has 7 heteroatoms. The lowest BCUT2D eigenvalue weighted by molar-refractivity contribution is -0.135. The molecular formula is C19H26N4O3. The Bertz CT molecular complexity index is 765. The molecule has 26 heavy (non-hydrogen) atoms. The van der Waals surface area contributed by atoms with Gasteiger partial charge in [0.2, 0.25) is 5.91 Å². The van der Waals surface area contributed by atoms with E-state index >= 15 is 0 Å². The number of amides is 2.